The van der Waals surface area contributed by atoms with Gasteiger partial charge in [-0.05, 0) is 28.3 Å². The lowest BCUT2D eigenvalue weighted by molar-refractivity contribution is -0.158. The Kier molecular flexibility index (Phi) is 8.63. The minimum atomic E-state index is -0.572. The Hall–Kier alpha value is -3.25. The van der Waals surface area contributed by atoms with Crippen molar-refractivity contribution in [1.82, 2.24) is 0 Å². The van der Waals surface area contributed by atoms with Crippen molar-refractivity contribution in [2.75, 3.05) is 6.61 Å². The number of benzene rings is 3. The first-order valence-corrected chi connectivity index (χ1v) is 11.5. The van der Waals surface area contributed by atoms with Crippen LogP contribution in [0.15, 0.2) is 103 Å². The van der Waals surface area contributed by atoms with Gasteiger partial charge in [0.2, 0.25) is 0 Å². The van der Waals surface area contributed by atoms with E-state index in [9.17, 15) is 4.79 Å². The summed E-state index contributed by atoms with van der Waals surface area (Å²) in [7, 11) is 0. The number of hydrogen-bond acceptors (Lipinski definition) is 5. The second-order valence-corrected chi connectivity index (χ2v) is 8.27. The molecule has 4 rings (SSSR count). The van der Waals surface area contributed by atoms with Crippen molar-refractivity contribution in [3.8, 4) is 0 Å². The molecule has 0 bridgehead atoms. The number of carbonyl (C=O) groups excluding carboxylic acids is 1. The minimum absolute atomic E-state index is 0.323. The maximum absolute atomic E-state index is 12.0. The van der Waals surface area contributed by atoms with Crippen LogP contribution in [0, 0.1) is 0 Å². The number of esters is 1. The van der Waals surface area contributed by atoms with E-state index in [0.29, 0.717) is 26.4 Å². The smallest absolute Gasteiger partial charge is 0.303 e. The van der Waals surface area contributed by atoms with Crippen molar-refractivity contribution in [3.63, 3.8) is 0 Å². The van der Waals surface area contributed by atoms with Gasteiger partial charge in [-0.25, -0.2) is 0 Å². The standard InChI is InChI=1S/C29H30O5/c1-22(30)34-28-26(21-31-18-23-11-5-2-6-12-23)17-27(32-19-24-13-7-3-8-14-24)29(28)33-20-25-15-9-4-10-16-25/h2-17,27-29H,18-21H2,1H3/t27-,28+,29-/m0/s1. The van der Waals surface area contributed by atoms with Gasteiger partial charge in [0.25, 0.3) is 0 Å². The summed E-state index contributed by atoms with van der Waals surface area (Å²) in [6.07, 6.45) is 0.571. The first-order chi connectivity index (χ1) is 16.7. The first kappa shape index (κ1) is 23.9. The Morgan fingerprint density at radius 1 is 0.676 bits per heavy atom. The van der Waals surface area contributed by atoms with Gasteiger partial charge in [0.05, 0.1) is 26.4 Å². The minimum Gasteiger partial charge on any atom is -0.455 e. The second kappa shape index (κ2) is 12.3. The topological polar surface area (TPSA) is 54.0 Å². The molecule has 0 N–H and O–H groups in total. The van der Waals surface area contributed by atoms with Gasteiger partial charge in [-0.3, -0.25) is 4.79 Å². The Morgan fingerprint density at radius 2 is 1.18 bits per heavy atom. The Balaban J connectivity index is 1.48. The summed E-state index contributed by atoms with van der Waals surface area (Å²) in [5.74, 6) is -0.365. The summed E-state index contributed by atoms with van der Waals surface area (Å²) in [4.78, 5) is 12.0. The lowest BCUT2D eigenvalue weighted by Crippen LogP contribution is -2.39. The van der Waals surface area contributed by atoms with E-state index in [-0.39, 0.29) is 12.1 Å². The van der Waals surface area contributed by atoms with Crippen LogP contribution in [-0.2, 0) is 43.6 Å². The van der Waals surface area contributed by atoms with Gasteiger partial charge in [-0.2, -0.15) is 0 Å². The highest BCUT2D eigenvalue weighted by Crippen LogP contribution is 2.30. The van der Waals surface area contributed by atoms with Gasteiger partial charge in [0.1, 0.15) is 12.2 Å². The molecule has 3 atom stereocenters. The summed E-state index contributed by atoms with van der Waals surface area (Å²) in [5.41, 5.74) is 4.04. The molecule has 0 unspecified atom stereocenters. The monoisotopic (exact) mass is 458 g/mol. The Labute approximate surface area is 200 Å². The third kappa shape index (κ3) is 6.87. The van der Waals surface area contributed by atoms with Gasteiger partial charge < -0.3 is 18.9 Å². The van der Waals surface area contributed by atoms with Crippen LogP contribution in [0.25, 0.3) is 0 Å². The van der Waals surface area contributed by atoms with E-state index in [1.807, 2.05) is 97.1 Å². The SMILES string of the molecule is CC(=O)O[C@@H]1C(COCc2ccccc2)=C[C@H](OCc2ccccc2)[C@@H]1OCc1ccccc1. The first-order valence-electron chi connectivity index (χ1n) is 11.5. The molecule has 0 amide bonds. The number of rotatable bonds is 11. The van der Waals surface area contributed by atoms with Crippen LogP contribution in [0.1, 0.15) is 23.6 Å². The molecule has 1 aliphatic rings. The van der Waals surface area contributed by atoms with Crippen molar-refractivity contribution >= 4 is 5.97 Å². The lowest BCUT2D eigenvalue weighted by Gasteiger charge is -2.27. The maximum atomic E-state index is 12.0. The highest BCUT2D eigenvalue weighted by molar-refractivity contribution is 5.66. The van der Waals surface area contributed by atoms with E-state index >= 15 is 0 Å². The summed E-state index contributed by atoms with van der Waals surface area (Å²) in [6.45, 7) is 3.02. The van der Waals surface area contributed by atoms with Gasteiger partial charge in [0.15, 0.2) is 6.10 Å². The molecule has 0 spiro atoms. The zero-order valence-corrected chi connectivity index (χ0v) is 19.3. The van der Waals surface area contributed by atoms with Gasteiger partial charge in [0, 0.05) is 6.92 Å². The molecule has 0 radical (unpaired) electrons. The molecule has 0 saturated heterocycles. The summed E-state index contributed by atoms with van der Waals surface area (Å²) < 4.78 is 24.2. The molecule has 0 aliphatic heterocycles. The predicted octanol–water partition coefficient (Wildman–Crippen LogP) is 5.25. The number of carbonyl (C=O) groups is 1. The molecule has 0 saturated carbocycles. The highest BCUT2D eigenvalue weighted by atomic mass is 16.6. The van der Waals surface area contributed by atoms with Crippen molar-refractivity contribution in [1.29, 1.82) is 0 Å². The van der Waals surface area contributed by atoms with E-state index in [1.165, 1.54) is 6.92 Å². The average molecular weight is 459 g/mol. The van der Waals surface area contributed by atoms with E-state index in [2.05, 4.69) is 0 Å². The fourth-order valence-corrected chi connectivity index (χ4v) is 3.96. The quantitative estimate of drug-likeness (QED) is 0.290. The molecular weight excluding hydrogens is 428 g/mol. The average Bonchev–Trinajstić information content (AvgIpc) is 3.18. The van der Waals surface area contributed by atoms with E-state index in [4.69, 9.17) is 18.9 Å². The number of hydrogen-bond donors (Lipinski definition) is 0. The van der Waals surface area contributed by atoms with Gasteiger partial charge >= 0.3 is 5.97 Å². The zero-order chi connectivity index (χ0) is 23.6. The largest absolute Gasteiger partial charge is 0.455 e. The third-order valence-electron chi connectivity index (χ3n) is 5.61. The molecular formula is C29H30O5. The molecule has 0 heterocycles. The molecule has 5 nitrogen and oxygen atoms in total. The van der Waals surface area contributed by atoms with Crippen LogP contribution in [0.3, 0.4) is 0 Å². The van der Waals surface area contributed by atoms with Crippen LogP contribution in [0.2, 0.25) is 0 Å². The molecule has 0 aromatic heterocycles. The normalized spacial score (nSPS) is 19.6. The van der Waals surface area contributed by atoms with Gasteiger partial charge in [-0.1, -0.05) is 91.0 Å². The number of ether oxygens (including phenoxy) is 4. The highest BCUT2D eigenvalue weighted by Gasteiger charge is 2.41. The molecule has 3 aromatic rings. The Bertz CT molecular complexity index is 1050. The lowest BCUT2D eigenvalue weighted by atomic mass is 10.1. The molecule has 5 heteroatoms. The summed E-state index contributed by atoms with van der Waals surface area (Å²) >= 11 is 0. The van der Waals surface area contributed by atoms with Crippen molar-refractivity contribution in [2.45, 2.75) is 45.1 Å². The molecule has 0 fully saturated rings. The zero-order valence-electron chi connectivity index (χ0n) is 19.3. The van der Waals surface area contributed by atoms with Crippen LogP contribution in [-0.4, -0.2) is 30.9 Å². The molecule has 176 valence electrons. The van der Waals surface area contributed by atoms with E-state index in [0.717, 1.165) is 22.3 Å². The second-order valence-electron chi connectivity index (χ2n) is 8.27. The van der Waals surface area contributed by atoms with Crippen LogP contribution >= 0.6 is 0 Å². The van der Waals surface area contributed by atoms with Crippen LogP contribution in [0.5, 0.6) is 0 Å². The molecule has 1 aliphatic carbocycles. The van der Waals surface area contributed by atoms with Crippen molar-refractivity contribution < 1.29 is 23.7 Å². The fourth-order valence-electron chi connectivity index (χ4n) is 3.96. The third-order valence-corrected chi connectivity index (χ3v) is 5.61. The maximum Gasteiger partial charge on any atom is 0.303 e. The van der Waals surface area contributed by atoms with Crippen LogP contribution in [0.4, 0.5) is 0 Å². The predicted molar refractivity (Wildman–Crippen MR) is 130 cm³/mol. The summed E-state index contributed by atoms with van der Waals surface area (Å²) in [5, 5.41) is 0. The van der Waals surface area contributed by atoms with Gasteiger partial charge in [-0.15, -0.1) is 0 Å². The van der Waals surface area contributed by atoms with E-state index < -0.39 is 12.2 Å². The van der Waals surface area contributed by atoms with Crippen molar-refractivity contribution in [2.24, 2.45) is 0 Å². The van der Waals surface area contributed by atoms with Crippen LogP contribution < -0.4 is 0 Å². The summed E-state index contributed by atoms with van der Waals surface area (Å²) in [6, 6.07) is 29.9. The van der Waals surface area contributed by atoms with E-state index in [1.54, 1.807) is 0 Å². The molecule has 34 heavy (non-hydrogen) atoms. The van der Waals surface area contributed by atoms with Crippen molar-refractivity contribution in [3.05, 3.63) is 119 Å². The fraction of sp³-hybridized carbons (Fsp3) is 0.276. The Morgan fingerprint density at radius 3 is 1.71 bits per heavy atom. The molecule has 3 aromatic carbocycles.